The van der Waals surface area contributed by atoms with Crippen molar-refractivity contribution in [3.63, 3.8) is 0 Å². The molecule has 0 atom stereocenters. The van der Waals surface area contributed by atoms with Gasteiger partial charge in [0.1, 0.15) is 6.61 Å². The molecule has 0 radical (unpaired) electrons. The molecule has 2 N–H and O–H groups in total. The first-order chi connectivity index (χ1) is 12.6. The monoisotopic (exact) mass is 387 g/mol. The van der Waals surface area contributed by atoms with E-state index < -0.39 is 6.03 Å². The van der Waals surface area contributed by atoms with Gasteiger partial charge in [0.15, 0.2) is 11.6 Å². The predicted octanol–water partition coefficient (Wildman–Crippen LogP) is 5.61. The average Bonchev–Trinajstić information content (AvgIpc) is 2.65. The van der Waals surface area contributed by atoms with Crippen molar-refractivity contribution in [1.82, 2.24) is 4.98 Å². The predicted molar refractivity (Wildman–Crippen MR) is 104 cm³/mol. The van der Waals surface area contributed by atoms with E-state index in [1.165, 1.54) is 0 Å². The van der Waals surface area contributed by atoms with Gasteiger partial charge >= 0.3 is 6.03 Å². The Bertz CT molecular complexity index is 904. The molecule has 1 heterocycles. The van der Waals surface area contributed by atoms with Gasteiger partial charge in [-0.2, -0.15) is 0 Å². The fraction of sp³-hybridized carbons (Fsp3) is 0.0526. The summed E-state index contributed by atoms with van der Waals surface area (Å²) in [6.07, 6.45) is 1.57. The Morgan fingerprint density at radius 2 is 1.77 bits per heavy atom. The number of urea groups is 1. The lowest BCUT2D eigenvalue weighted by atomic mass is 10.2. The van der Waals surface area contributed by atoms with Gasteiger partial charge in [-0.3, -0.25) is 5.32 Å². The van der Waals surface area contributed by atoms with E-state index in [2.05, 4.69) is 15.6 Å². The summed E-state index contributed by atoms with van der Waals surface area (Å²) < 4.78 is 5.76. The van der Waals surface area contributed by atoms with Crippen molar-refractivity contribution in [3.8, 4) is 5.75 Å². The molecule has 2 aromatic carbocycles. The third-order valence-electron chi connectivity index (χ3n) is 3.44. The number of nitrogens with zero attached hydrogens (tertiary/aromatic N) is 1. The molecule has 0 spiro atoms. The average molecular weight is 388 g/mol. The molecule has 26 heavy (non-hydrogen) atoms. The number of pyridine rings is 1. The van der Waals surface area contributed by atoms with Crippen molar-refractivity contribution in [2.45, 2.75) is 6.61 Å². The van der Waals surface area contributed by atoms with Crippen LogP contribution in [0.5, 0.6) is 5.75 Å². The third-order valence-corrected chi connectivity index (χ3v) is 4.26. The number of amides is 2. The molecular weight excluding hydrogens is 373 g/mol. The first-order valence-corrected chi connectivity index (χ1v) is 8.53. The van der Waals surface area contributed by atoms with Gasteiger partial charge in [0.25, 0.3) is 0 Å². The molecule has 0 fully saturated rings. The van der Waals surface area contributed by atoms with Gasteiger partial charge < -0.3 is 10.1 Å². The highest BCUT2D eigenvalue weighted by atomic mass is 35.5. The van der Waals surface area contributed by atoms with Crippen molar-refractivity contribution in [2.75, 3.05) is 10.6 Å². The van der Waals surface area contributed by atoms with Crippen LogP contribution in [0.3, 0.4) is 0 Å². The number of hydrogen-bond acceptors (Lipinski definition) is 3. The maximum atomic E-state index is 12.3. The smallest absolute Gasteiger partial charge is 0.324 e. The number of nitrogens with one attached hydrogen (secondary N) is 2. The largest absolute Gasteiger partial charge is 0.485 e. The van der Waals surface area contributed by atoms with Crippen LogP contribution < -0.4 is 15.4 Å². The Morgan fingerprint density at radius 1 is 0.962 bits per heavy atom. The molecule has 3 aromatic rings. The van der Waals surface area contributed by atoms with E-state index in [4.69, 9.17) is 27.9 Å². The Morgan fingerprint density at radius 3 is 2.58 bits per heavy atom. The molecule has 132 valence electrons. The molecule has 3 rings (SSSR count). The quantitative estimate of drug-likeness (QED) is 0.597. The van der Waals surface area contributed by atoms with Crippen molar-refractivity contribution in [3.05, 3.63) is 82.5 Å². The summed E-state index contributed by atoms with van der Waals surface area (Å²) in [7, 11) is 0. The number of aromatic nitrogens is 1. The number of hydrogen-bond donors (Lipinski definition) is 2. The molecule has 0 aliphatic heterocycles. The van der Waals surface area contributed by atoms with E-state index in [-0.39, 0.29) is 5.02 Å². The molecule has 7 heteroatoms. The van der Waals surface area contributed by atoms with Gasteiger partial charge in [0.2, 0.25) is 0 Å². The van der Waals surface area contributed by atoms with Crippen LogP contribution in [0.1, 0.15) is 5.56 Å². The minimum Gasteiger partial charge on any atom is -0.485 e. The Balaban J connectivity index is 1.67. The number of carbonyl (C=O) groups is 1. The van der Waals surface area contributed by atoms with Crippen LogP contribution in [0.4, 0.5) is 16.3 Å². The highest BCUT2D eigenvalue weighted by Crippen LogP contribution is 2.30. The molecule has 0 unspecified atom stereocenters. The first-order valence-electron chi connectivity index (χ1n) is 7.77. The molecule has 5 nitrogen and oxygen atoms in total. The number of anilines is 2. The summed E-state index contributed by atoms with van der Waals surface area (Å²) >= 11 is 12.0. The van der Waals surface area contributed by atoms with Crippen LogP contribution in [0.2, 0.25) is 10.0 Å². The van der Waals surface area contributed by atoms with Gasteiger partial charge in [0.05, 0.1) is 15.7 Å². The van der Waals surface area contributed by atoms with Crippen molar-refractivity contribution in [1.29, 1.82) is 0 Å². The zero-order valence-corrected chi connectivity index (χ0v) is 15.1. The number of rotatable bonds is 5. The van der Waals surface area contributed by atoms with Crippen LogP contribution in [-0.2, 0) is 6.61 Å². The van der Waals surface area contributed by atoms with Crippen LogP contribution in [0, 0.1) is 0 Å². The highest BCUT2D eigenvalue weighted by Gasteiger charge is 2.12. The Labute approximate surface area is 160 Å². The minimum atomic E-state index is -0.502. The van der Waals surface area contributed by atoms with Gasteiger partial charge in [-0.1, -0.05) is 59.6 Å². The molecule has 0 aliphatic rings. The van der Waals surface area contributed by atoms with E-state index >= 15 is 0 Å². The summed E-state index contributed by atoms with van der Waals surface area (Å²) in [4.78, 5) is 16.4. The second-order valence-electron chi connectivity index (χ2n) is 5.30. The molecule has 0 saturated heterocycles. The van der Waals surface area contributed by atoms with Gasteiger partial charge in [-0.25, -0.2) is 9.78 Å². The molecule has 0 bridgehead atoms. The van der Waals surface area contributed by atoms with Gasteiger partial charge in [-0.05, 0) is 29.8 Å². The van der Waals surface area contributed by atoms with E-state index in [0.717, 1.165) is 5.56 Å². The lowest BCUT2D eigenvalue weighted by molar-refractivity contribution is 0.261. The van der Waals surface area contributed by atoms with Crippen LogP contribution in [0.25, 0.3) is 0 Å². The number of ether oxygens (including phenoxy) is 1. The second kappa shape index (κ2) is 8.56. The standard InChI is InChI=1S/C19H15Cl2N3O2/c20-14-8-4-9-15(17(14)21)23-19(25)24-18-16(10-5-11-22-18)26-12-13-6-2-1-3-7-13/h1-11H,12H2,(H2,22,23,24,25). The lowest BCUT2D eigenvalue weighted by Gasteiger charge is -2.13. The Kier molecular flexibility index (Phi) is 5.94. The zero-order valence-electron chi connectivity index (χ0n) is 13.6. The summed E-state index contributed by atoms with van der Waals surface area (Å²) in [6.45, 7) is 0.364. The summed E-state index contributed by atoms with van der Waals surface area (Å²) in [6, 6.07) is 17.7. The van der Waals surface area contributed by atoms with Crippen molar-refractivity contribution < 1.29 is 9.53 Å². The summed E-state index contributed by atoms with van der Waals surface area (Å²) in [5, 5.41) is 5.92. The molecule has 1 aromatic heterocycles. The van der Waals surface area contributed by atoms with Crippen molar-refractivity contribution >= 4 is 40.7 Å². The van der Waals surface area contributed by atoms with E-state index in [1.807, 2.05) is 30.3 Å². The van der Waals surface area contributed by atoms with Gasteiger partial charge in [-0.15, -0.1) is 0 Å². The lowest BCUT2D eigenvalue weighted by Crippen LogP contribution is -2.20. The second-order valence-corrected chi connectivity index (χ2v) is 6.09. The maximum Gasteiger partial charge on any atom is 0.324 e. The molecule has 0 saturated carbocycles. The summed E-state index contributed by atoms with van der Waals surface area (Å²) in [5.74, 6) is 0.766. The number of halogens is 2. The zero-order chi connectivity index (χ0) is 18.4. The Hall–Kier alpha value is -2.76. The fourth-order valence-corrected chi connectivity index (χ4v) is 2.55. The maximum absolute atomic E-state index is 12.3. The topological polar surface area (TPSA) is 63.2 Å². The molecule has 2 amide bonds. The first kappa shape index (κ1) is 18.0. The van der Waals surface area contributed by atoms with Crippen LogP contribution in [0.15, 0.2) is 66.9 Å². The van der Waals surface area contributed by atoms with Crippen LogP contribution in [-0.4, -0.2) is 11.0 Å². The summed E-state index contributed by atoms with van der Waals surface area (Å²) in [5.41, 5.74) is 1.41. The number of benzene rings is 2. The normalized spacial score (nSPS) is 10.2. The van der Waals surface area contributed by atoms with E-state index in [9.17, 15) is 4.79 Å². The molecule has 0 aliphatic carbocycles. The van der Waals surface area contributed by atoms with Gasteiger partial charge in [0, 0.05) is 6.20 Å². The highest BCUT2D eigenvalue weighted by molar-refractivity contribution is 6.44. The van der Waals surface area contributed by atoms with Crippen LogP contribution >= 0.6 is 23.2 Å². The van der Waals surface area contributed by atoms with E-state index in [1.54, 1.807) is 36.5 Å². The third kappa shape index (κ3) is 4.65. The number of carbonyl (C=O) groups excluding carboxylic acids is 1. The fourth-order valence-electron chi connectivity index (χ4n) is 2.20. The minimum absolute atomic E-state index is 0.269. The van der Waals surface area contributed by atoms with Crippen molar-refractivity contribution in [2.24, 2.45) is 0 Å². The molecular formula is C19H15Cl2N3O2. The van der Waals surface area contributed by atoms with E-state index in [0.29, 0.717) is 28.9 Å². The SMILES string of the molecule is O=C(Nc1cccc(Cl)c1Cl)Nc1ncccc1OCc1ccccc1.